The highest BCUT2D eigenvalue weighted by Crippen LogP contribution is 2.21. The zero-order chi connectivity index (χ0) is 16.8. The fourth-order valence-corrected chi connectivity index (χ4v) is 3.58. The molecule has 0 atom stereocenters. The topological polar surface area (TPSA) is 55.4 Å². The average Bonchev–Trinajstić information content (AvgIpc) is 3.30. The molecule has 0 radical (unpaired) electrons. The summed E-state index contributed by atoms with van der Waals surface area (Å²) in [5, 5.41) is 6.51. The zero-order valence-electron chi connectivity index (χ0n) is 12.7. The first kappa shape index (κ1) is 16.4. The molecule has 0 saturated carbocycles. The van der Waals surface area contributed by atoms with Crippen molar-refractivity contribution in [1.29, 1.82) is 0 Å². The van der Waals surface area contributed by atoms with Crippen LogP contribution in [0.1, 0.15) is 20.1 Å². The van der Waals surface area contributed by atoms with Crippen molar-refractivity contribution in [2.45, 2.75) is 6.54 Å². The summed E-state index contributed by atoms with van der Waals surface area (Å²) < 4.78 is 5.39. The van der Waals surface area contributed by atoms with Crippen molar-refractivity contribution in [3.05, 3.63) is 74.6 Å². The Labute approximate surface area is 147 Å². The summed E-state index contributed by atoms with van der Waals surface area (Å²) >= 11 is 2.90. The van der Waals surface area contributed by atoms with E-state index in [2.05, 4.69) is 5.32 Å². The Hall–Kier alpha value is -2.44. The van der Waals surface area contributed by atoms with E-state index in [1.165, 1.54) is 22.7 Å². The Morgan fingerprint density at radius 3 is 2.62 bits per heavy atom. The molecule has 4 nitrogen and oxygen atoms in total. The van der Waals surface area contributed by atoms with Gasteiger partial charge in [0.05, 0.1) is 11.4 Å². The normalized spacial score (nSPS) is 10.3. The van der Waals surface area contributed by atoms with E-state index >= 15 is 0 Å². The lowest BCUT2D eigenvalue weighted by molar-refractivity contribution is -0.123. The monoisotopic (exact) mass is 357 g/mol. The molecule has 2 aromatic heterocycles. The molecular weight excluding hydrogens is 342 g/mol. The Kier molecular flexibility index (Phi) is 5.40. The van der Waals surface area contributed by atoms with Gasteiger partial charge in [-0.2, -0.15) is 11.3 Å². The largest absolute Gasteiger partial charge is 0.484 e. The van der Waals surface area contributed by atoms with Gasteiger partial charge in [0.15, 0.2) is 6.61 Å². The SMILES string of the molecule is O=C(COc1ccccc1)NCc1ccc(C(=O)c2ccsc2)s1. The number of carbonyl (C=O) groups excluding carboxylic acids is 2. The van der Waals surface area contributed by atoms with Crippen LogP contribution in [0.5, 0.6) is 5.75 Å². The number of ketones is 1. The van der Waals surface area contributed by atoms with Gasteiger partial charge in [-0.1, -0.05) is 18.2 Å². The van der Waals surface area contributed by atoms with Crippen molar-refractivity contribution in [2.75, 3.05) is 6.61 Å². The predicted molar refractivity (Wildman–Crippen MR) is 95.9 cm³/mol. The van der Waals surface area contributed by atoms with Gasteiger partial charge in [0.2, 0.25) is 5.78 Å². The summed E-state index contributed by atoms with van der Waals surface area (Å²) in [6.45, 7) is 0.356. The lowest BCUT2D eigenvalue weighted by Crippen LogP contribution is -2.28. The van der Waals surface area contributed by atoms with Crippen LogP contribution in [0, 0.1) is 0 Å². The standard InChI is InChI=1S/C18H15NO3S2/c20-17(11-22-14-4-2-1-3-5-14)19-10-15-6-7-16(24-15)18(21)13-8-9-23-12-13/h1-9,12H,10-11H2,(H,19,20). The molecule has 0 saturated heterocycles. The van der Waals surface area contributed by atoms with Crippen LogP contribution in [0.15, 0.2) is 59.3 Å². The number of hydrogen-bond donors (Lipinski definition) is 1. The van der Waals surface area contributed by atoms with Crippen LogP contribution in [-0.2, 0) is 11.3 Å². The highest BCUT2D eigenvalue weighted by Gasteiger charge is 2.12. The smallest absolute Gasteiger partial charge is 0.258 e. The maximum absolute atomic E-state index is 12.2. The number of benzene rings is 1. The first-order chi connectivity index (χ1) is 11.7. The lowest BCUT2D eigenvalue weighted by Gasteiger charge is -2.06. The maximum Gasteiger partial charge on any atom is 0.258 e. The Balaban J connectivity index is 1.48. The summed E-state index contributed by atoms with van der Waals surface area (Å²) in [5.74, 6) is 0.483. The molecule has 0 aliphatic heterocycles. The van der Waals surface area contributed by atoms with Crippen LogP contribution in [0.2, 0.25) is 0 Å². The lowest BCUT2D eigenvalue weighted by atomic mass is 10.2. The summed E-state index contributed by atoms with van der Waals surface area (Å²) in [4.78, 5) is 25.7. The van der Waals surface area contributed by atoms with E-state index in [9.17, 15) is 9.59 Å². The second-order valence-corrected chi connectivity index (χ2v) is 6.93. The molecule has 1 amide bonds. The van der Waals surface area contributed by atoms with E-state index < -0.39 is 0 Å². The van der Waals surface area contributed by atoms with E-state index in [-0.39, 0.29) is 18.3 Å². The zero-order valence-corrected chi connectivity index (χ0v) is 14.4. The number of thiophene rings is 2. The molecule has 24 heavy (non-hydrogen) atoms. The number of rotatable bonds is 7. The van der Waals surface area contributed by atoms with Gasteiger partial charge in [-0.05, 0) is 35.7 Å². The summed E-state index contributed by atoms with van der Waals surface area (Å²) in [6.07, 6.45) is 0. The third kappa shape index (κ3) is 4.31. The van der Waals surface area contributed by atoms with Crippen molar-refractivity contribution in [3.63, 3.8) is 0 Å². The van der Waals surface area contributed by atoms with Gasteiger partial charge < -0.3 is 10.1 Å². The average molecular weight is 357 g/mol. The second kappa shape index (κ2) is 7.90. The van der Waals surface area contributed by atoms with Crippen molar-refractivity contribution >= 4 is 34.4 Å². The Morgan fingerprint density at radius 2 is 1.88 bits per heavy atom. The van der Waals surface area contributed by atoms with Gasteiger partial charge in [0, 0.05) is 15.8 Å². The minimum absolute atomic E-state index is 0.0197. The molecule has 3 rings (SSSR count). The third-order valence-corrected chi connectivity index (χ3v) is 5.01. The van der Waals surface area contributed by atoms with Gasteiger partial charge in [-0.25, -0.2) is 0 Å². The van der Waals surface area contributed by atoms with E-state index in [0.29, 0.717) is 22.7 Å². The molecule has 0 unspecified atom stereocenters. The molecule has 0 aliphatic rings. The molecule has 3 aromatic rings. The molecule has 0 fully saturated rings. The summed E-state index contributed by atoms with van der Waals surface area (Å²) in [5.41, 5.74) is 0.702. The predicted octanol–water partition coefficient (Wildman–Crippen LogP) is 3.74. The van der Waals surface area contributed by atoms with E-state index in [1.54, 1.807) is 18.2 Å². The molecule has 1 aromatic carbocycles. The van der Waals surface area contributed by atoms with Crippen LogP contribution in [0.3, 0.4) is 0 Å². The van der Waals surface area contributed by atoms with Crippen LogP contribution < -0.4 is 10.1 Å². The fraction of sp³-hybridized carbons (Fsp3) is 0.111. The van der Waals surface area contributed by atoms with E-state index in [1.807, 2.05) is 41.1 Å². The molecule has 122 valence electrons. The highest BCUT2D eigenvalue weighted by molar-refractivity contribution is 7.14. The third-order valence-electron chi connectivity index (χ3n) is 3.24. The van der Waals surface area contributed by atoms with Crippen LogP contribution in [0.4, 0.5) is 0 Å². The summed E-state index contributed by atoms with van der Waals surface area (Å²) in [6, 6.07) is 14.7. The number of amides is 1. The minimum atomic E-state index is -0.196. The fourth-order valence-electron chi connectivity index (χ4n) is 2.03. The van der Waals surface area contributed by atoms with Crippen molar-refractivity contribution in [3.8, 4) is 5.75 Å². The quantitative estimate of drug-likeness (QED) is 0.656. The van der Waals surface area contributed by atoms with E-state index in [4.69, 9.17) is 4.74 Å². The van der Waals surface area contributed by atoms with Crippen molar-refractivity contribution in [2.24, 2.45) is 0 Å². The van der Waals surface area contributed by atoms with E-state index in [0.717, 1.165) is 4.88 Å². The van der Waals surface area contributed by atoms with Gasteiger partial charge >= 0.3 is 0 Å². The number of ether oxygens (including phenoxy) is 1. The second-order valence-electron chi connectivity index (χ2n) is 4.99. The molecular formula is C18H15NO3S2. The minimum Gasteiger partial charge on any atom is -0.484 e. The van der Waals surface area contributed by atoms with Gasteiger partial charge in [0.25, 0.3) is 5.91 Å². The van der Waals surface area contributed by atoms with Crippen LogP contribution in [0.25, 0.3) is 0 Å². The number of hydrogen-bond acceptors (Lipinski definition) is 5. The summed E-state index contributed by atoms with van der Waals surface area (Å²) in [7, 11) is 0. The molecule has 1 N–H and O–H groups in total. The number of para-hydroxylation sites is 1. The van der Waals surface area contributed by atoms with Crippen LogP contribution in [-0.4, -0.2) is 18.3 Å². The molecule has 0 bridgehead atoms. The highest BCUT2D eigenvalue weighted by atomic mass is 32.1. The first-order valence-electron chi connectivity index (χ1n) is 7.32. The first-order valence-corrected chi connectivity index (χ1v) is 9.08. The van der Waals surface area contributed by atoms with Gasteiger partial charge in [-0.15, -0.1) is 11.3 Å². The Bertz CT molecular complexity index is 810. The molecule has 0 aliphatic carbocycles. The molecule has 6 heteroatoms. The van der Waals surface area contributed by atoms with Gasteiger partial charge in [0.1, 0.15) is 5.75 Å². The Morgan fingerprint density at radius 1 is 1.04 bits per heavy atom. The molecule has 2 heterocycles. The van der Waals surface area contributed by atoms with Crippen molar-refractivity contribution < 1.29 is 14.3 Å². The molecule has 0 spiro atoms. The van der Waals surface area contributed by atoms with Gasteiger partial charge in [-0.3, -0.25) is 9.59 Å². The van der Waals surface area contributed by atoms with Crippen molar-refractivity contribution in [1.82, 2.24) is 5.32 Å². The number of nitrogens with one attached hydrogen (secondary N) is 1. The maximum atomic E-state index is 12.2. The van der Waals surface area contributed by atoms with Crippen LogP contribution >= 0.6 is 22.7 Å². The number of carbonyl (C=O) groups is 2.